The minimum Gasteiger partial charge on any atom is -0.389 e. The maximum atomic E-state index is 10.4. The Bertz CT molecular complexity index is 592. The molecule has 0 aromatic heterocycles. The summed E-state index contributed by atoms with van der Waals surface area (Å²) in [5.74, 6) is 0.928. The summed E-state index contributed by atoms with van der Waals surface area (Å²) in [6.45, 7) is 6.17. The zero-order valence-electron chi connectivity index (χ0n) is 15.8. The average molecular weight is 354 g/mol. The van der Waals surface area contributed by atoms with Gasteiger partial charge < -0.3 is 14.7 Å². The number of likely N-dealkylation sites (tertiary alicyclic amines) is 1. The zero-order valence-corrected chi connectivity index (χ0v) is 15.8. The van der Waals surface area contributed by atoms with Crippen LogP contribution < -0.4 is 0 Å². The quantitative estimate of drug-likeness (QED) is 0.780. The van der Waals surface area contributed by atoms with Gasteiger partial charge in [0.1, 0.15) is 0 Å². The third-order valence-corrected chi connectivity index (χ3v) is 5.21. The third-order valence-electron chi connectivity index (χ3n) is 5.21. The van der Waals surface area contributed by atoms with Crippen LogP contribution in [0.5, 0.6) is 0 Å². The van der Waals surface area contributed by atoms with E-state index in [1.807, 2.05) is 12.1 Å². The summed E-state index contributed by atoms with van der Waals surface area (Å²) in [7, 11) is 0. The van der Waals surface area contributed by atoms with Gasteiger partial charge >= 0.3 is 0 Å². The molecule has 3 rings (SSSR count). The highest BCUT2D eigenvalue weighted by molar-refractivity contribution is 5.32. The molecule has 0 unspecified atom stereocenters. The molecule has 1 saturated heterocycles. The first-order valence-electron chi connectivity index (χ1n) is 9.80. The summed E-state index contributed by atoms with van der Waals surface area (Å²) in [4.78, 5) is 2.37. The van der Waals surface area contributed by atoms with Crippen LogP contribution in [-0.4, -0.2) is 49.0 Å². The normalized spacial score (nSPS) is 19.6. The first kappa shape index (κ1) is 19.1. The molecule has 2 aromatic rings. The molecule has 1 aliphatic rings. The van der Waals surface area contributed by atoms with Crippen molar-refractivity contribution in [2.75, 3.05) is 32.8 Å². The van der Waals surface area contributed by atoms with E-state index in [2.05, 4.69) is 60.4 Å². The molecule has 1 fully saturated rings. The van der Waals surface area contributed by atoms with Crippen LogP contribution in [0, 0.1) is 5.92 Å². The van der Waals surface area contributed by atoms with Gasteiger partial charge in [-0.05, 0) is 36.4 Å². The van der Waals surface area contributed by atoms with Gasteiger partial charge in [-0.15, -0.1) is 0 Å². The molecule has 3 nitrogen and oxygen atoms in total. The number of ether oxygens (including phenoxy) is 1. The summed E-state index contributed by atoms with van der Waals surface area (Å²) in [6, 6.07) is 20.9. The Hall–Kier alpha value is -1.68. The van der Waals surface area contributed by atoms with Gasteiger partial charge in [0.25, 0.3) is 0 Å². The Morgan fingerprint density at radius 3 is 2.19 bits per heavy atom. The number of piperidine rings is 1. The number of β-amino-alcohol motifs (C(OH)–C–C–N with tert-alkyl or cyclic N) is 1. The topological polar surface area (TPSA) is 32.7 Å². The zero-order chi connectivity index (χ0) is 18.2. The van der Waals surface area contributed by atoms with Gasteiger partial charge in [0.15, 0.2) is 0 Å². The van der Waals surface area contributed by atoms with Crippen LogP contribution in [-0.2, 0) is 4.74 Å². The van der Waals surface area contributed by atoms with Gasteiger partial charge in [-0.2, -0.15) is 0 Å². The van der Waals surface area contributed by atoms with E-state index >= 15 is 0 Å². The van der Waals surface area contributed by atoms with Crippen molar-refractivity contribution in [1.29, 1.82) is 0 Å². The van der Waals surface area contributed by atoms with Crippen LogP contribution >= 0.6 is 0 Å². The monoisotopic (exact) mass is 353 g/mol. The van der Waals surface area contributed by atoms with Crippen LogP contribution in [0.4, 0.5) is 0 Å². The van der Waals surface area contributed by atoms with E-state index in [0.717, 1.165) is 19.0 Å². The number of hydrogen-bond acceptors (Lipinski definition) is 3. The maximum Gasteiger partial charge on any atom is 0.0900 e. The van der Waals surface area contributed by atoms with E-state index in [1.54, 1.807) is 0 Å². The minimum atomic E-state index is -0.424. The Kier molecular flexibility index (Phi) is 7.24. The minimum absolute atomic E-state index is 0.194. The predicted molar refractivity (Wildman–Crippen MR) is 106 cm³/mol. The van der Waals surface area contributed by atoms with Crippen molar-refractivity contribution < 1.29 is 9.84 Å². The van der Waals surface area contributed by atoms with Crippen LogP contribution in [0.2, 0.25) is 0 Å². The summed E-state index contributed by atoms with van der Waals surface area (Å²) in [5, 5.41) is 10.4. The second-order valence-corrected chi connectivity index (χ2v) is 7.57. The molecule has 2 aromatic carbocycles. The van der Waals surface area contributed by atoms with E-state index < -0.39 is 6.10 Å². The van der Waals surface area contributed by atoms with E-state index in [0.29, 0.717) is 19.8 Å². The largest absolute Gasteiger partial charge is 0.389 e. The number of benzene rings is 2. The second kappa shape index (κ2) is 9.86. The third kappa shape index (κ3) is 5.66. The maximum absolute atomic E-state index is 10.4. The van der Waals surface area contributed by atoms with Crippen LogP contribution in [0.1, 0.15) is 36.8 Å². The number of aliphatic hydroxyl groups excluding tert-OH is 1. The van der Waals surface area contributed by atoms with E-state index in [1.165, 1.54) is 24.0 Å². The first-order valence-corrected chi connectivity index (χ1v) is 9.80. The fraction of sp³-hybridized carbons (Fsp3) is 0.478. The lowest BCUT2D eigenvalue weighted by Crippen LogP contribution is -2.40. The molecule has 0 spiro atoms. The molecular formula is C23H31NO2. The summed E-state index contributed by atoms with van der Waals surface area (Å²) >= 11 is 0. The molecule has 0 amide bonds. The Morgan fingerprint density at radius 1 is 1.00 bits per heavy atom. The van der Waals surface area contributed by atoms with Crippen molar-refractivity contribution in [3.63, 3.8) is 0 Å². The van der Waals surface area contributed by atoms with Crippen molar-refractivity contribution in [3.8, 4) is 0 Å². The lowest BCUT2D eigenvalue weighted by atomic mass is 9.92. The molecule has 0 saturated carbocycles. The molecule has 0 aliphatic carbocycles. The number of hydrogen-bond donors (Lipinski definition) is 1. The van der Waals surface area contributed by atoms with Gasteiger partial charge in [0.2, 0.25) is 0 Å². The Labute approximate surface area is 157 Å². The summed E-state index contributed by atoms with van der Waals surface area (Å²) < 4.78 is 5.96. The lowest BCUT2D eigenvalue weighted by Gasteiger charge is -2.32. The molecule has 2 atom stereocenters. The van der Waals surface area contributed by atoms with Crippen molar-refractivity contribution in [2.45, 2.75) is 31.8 Å². The number of rotatable bonds is 8. The van der Waals surface area contributed by atoms with E-state index in [4.69, 9.17) is 4.74 Å². The molecule has 3 heteroatoms. The van der Waals surface area contributed by atoms with Crippen molar-refractivity contribution >= 4 is 0 Å². The molecule has 1 aliphatic heterocycles. The fourth-order valence-electron chi connectivity index (χ4n) is 3.88. The van der Waals surface area contributed by atoms with Gasteiger partial charge in [-0.1, -0.05) is 67.6 Å². The van der Waals surface area contributed by atoms with Crippen molar-refractivity contribution in [1.82, 2.24) is 4.90 Å². The standard InChI is InChI=1S/C23H31NO2/c1-19-9-8-14-24(15-19)16-22(25)17-26-18-23(20-10-4-2-5-11-20)21-12-6-3-7-13-21/h2-7,10-13,19,22-23,25H,8-9,14-18H2,1H3/t19-,22+/m0/s1. The average Bonchev–Trinajstić information content (AvgIpc) is 2.67. The van der Waals surface area contributed by atoms with Gasteiger partial charge in [0.05, 0.1) is 19.3 Å². The second-order valence-electron chi connectivity index (χ2n) is 7.57. The van der Waals surface area contributed by atoms with Crippen LogP contribution in [0.3, 0.4) is 0 Å². The van der Waals surface area contributed by atoms with Crippen molar-refractivity contribution in [3.05, 3.63) is 71.8 Å². The molecule has 1 N–H and O–H groups in total. The smallest absolute Gasteiger partial charge is 0.0900 e. The van der Waals surface area contributed by atoms with Gasteiger partial charge in [0, 0.05) is 19.0 Å². The highest BCUT2D eigenvalue weighted by atomic mass is 16.5. The number of aliphatic hydroxyl groups is 1. The number of nitrogens with zero attached hydrogens (tertiary/aromatic N) is 1. The van der Waals surface area contributed by atoms with Crippen LogP contribution in [0.15, 0.2) is 60.7 Å². The summed E-state index contributed by atoms with van der Waals surface area (Å²) in [6.07, 6.45) is 2.12. The summed E-state index contributed by atoms with van der Waals surface area (Å²) in [5.41, 5.74) is 2.50. The lowest BCUT2D eigenvalue weighted by molar-refractivity contribution is 0.00786. The van der Waals surface area contributed by atoms with Crippen LogP contribution in [0.25, 0.3) is 0 Å². The highest BCUT2D eigenvalue weighted by Gasteiger charge is 2.20. The van der Waals surface area contributed by atoms with E-state index in [-0.39, 0.29) is 5.92 Å². The van der Waals surface area contributed by atoms with E-state index in [9.17, 15) is 5.11 Å². The molecule has 1 heterocycles. The SMILES string of the molecule is C[C@H]1CCCN(C[C@@H](O)COCC(c2ccccc2)c2ccccc2)C1. The Morgan fingerprint density at radius 2 is 1.62 bits per heavy atom. The molecular weight excluding hydrogens is 322 g/mol. The molecule has 0 bridgehead atoms. The Balaban J connectivity index is 1.53. The first-order chi connectivity index (χ1) is 12.7. The molecule has 26 heavy (non-hydrogen) atoms. The van der Waals surface area contributed by atoms with Crippen molar-refractivity contribution in [2.24, 2.45) is 5.92 Å². The predicted octanol–water partition coefficient (Wildman–Crippen LogP) is 3.93. The highest BCUT2D eigenvalue weighted by Crippen LogP contribution is 2.25. The fourth-order valence-corrected chi connectivity index (χ4v) is 3.88. The molecule has 0 radical (unpaired) electrons. The molecule has 140 valence electrons. The van der Waals surface area contributed by atoms with Gasteiger partial charge in [-0.25, -0.2) is 0 Å². The van der Waals surface area contributed by atoms with Gasteiger partial charge in [-0.3, -0.25) is 0 Å².